The maximum Gasteiger partial charge on any atom is 0.239 e. The molecule has 3 aliphatic rings. The minimum absolute atomic E-state index is 0.138. The van der Waals surface area contributed by atoms with Crippen LogP contribution in [0.25, 0.3) is 22.3 Å². The lowest BCUT2D eigenvalue weighted by molar-refractivity contribution is -0.318. The van der Waals surface area contributed by atoms with Crippen LogP contribution < -0.4 is 14.9 Å². The Morgan fingerprint density at radius 1 is 0.635 bits per heavy atom. The highest BCUT2D eigenvalue weighted by molar-refractivity contribution is 5.88. The third-order valence-corrected chi connectivity index (χ3v) is 9.23. The van der Waals surface area contributed by atoms with Crippen molar-refractivity contribution in [1.82, 2.24) is 0 Å². The van der Waals surface area contributed by atoms with Gasteiger partial charge in [0.1, 0.15) is 89.3 Å². The van der Waals surface area contributed by atoms with Crippen LogP contribution in [0, 0.1) is 0 Å². The third kappa shape index (κ3) is 7.16. The molecule has 3 aromatic rings. The molecule has 19 heteroatoms. The zero-order valence-electron chi connectivity index (χ0n) is 27.5. The van der Waals surface area contributed by atoms with Gasteiger partial charge in [-0.05, 0) is 38.1 Å². The number of phenols is 2. The topological polar surface area (TPSA) is 308 Å². The Hall–Kier alpha value is -3.67. The normalized spacial score (nSPS) is 38.2. The average molecular weight is 741 g/mol. The van der Waals surface area contributed by atoms with Crippen molar-refractivity contribution in [3.8, 4) is 34.3 Å². The summed E-state index contributed by atoms with van der Waals surface area (Å²) in [5.74, 6) is -2.01. The van der Waals surface area contributed by atoms with E-state index in [-0.39, 0.29) is 28.4 Å². The molecule has 0 amide bonds. The molecule has 286 valence electrons. The Balaban J connectivity index is 1.32. The van der Waals surface area contributed by atoms with Crippen LogP contribution in [-0.4, -0.2) is 155 Å². The monoisotopic (exact) mass is 740 g/mol. The van der Waals surface area contributed by atoms with Gasteiger partial charge >= 0.3 is 0 Å². The van der Waals surface area contributed by atoms with Crippen LogP contribution >= 0.6 is 0 Å². The van der Waals surface area contributed by atoms with Gasteiger partial charge in [-0.15, -0.1) is 0 Å². The predicted molar refractivity (Wildman–Crippen MR) is 170 cm³/mol. The lowest BCUT2D eigenvalue weighted by atomic mass is 9.98. The fraction of sp³-hybridized carbons (Fsp3) is 0.545. The second-order valence-electron chi connectivity index (χ2n) is 12.9. The third-order valence-electron chi connectivity index (χ3n) is 9.23. The Labute approximate surface area is 293 Å². The minimum atomic E-state index is -1.98. The van der Waals surface area contributed by atoms with E-state index in [1.54, 1.807) is 0 Å². The van der Waals surface area contributed by atoms with Crippen LogP contribution in [0.15, 0.2) is 45.6 Å². The molecule has 3 aliphatic heterocycles. The zero-order valence-corrected chi connectivity index (χ0v) is 27.5. The lowest BCUT2D eigenvalue weighted by Crippen LogP contribution is -2.61. The number of aromatic hydroxyl groups is 2. The molecule has 0 aliphatic carbocycles. The largest absolute Gasteiger partial charge is 0.508 e. The molecule has 11 N–H and O–H groups in total. The van der Waals surface area contributed by atoms with E-state index in [0.29, 0.717) is 0 Å². The summed E-state index contributed by atoms with van der Waals surface area (Å²) < 4.78 is 39.5. The van der Waals surface area contributed by atoms with Gasteiger partial charge in [0.05, 0.1) is 18.8 Å². The minimum Gasteiger partial charge on any atom is -0.508 e. The molecular formula is C33H40O19. The Morgan fingerprint density at radius 2 is 1.17 bits per heavy atom. The van der Waals surface area contributed by atoms with Crippen molar-refractivity contribution in [2.45, 2.75) is 106 Å². The first kappa shape index (κ1) is 38.1. The van der Waals surface area contributed by atoms with Gasteiger partial charge in [-0.1, -0.05) is 0 Å². The molecule has 15 atom stereocenters. The maximum atomic E-state index is 14.0. The Bertz CT molecular complexity index is 1770. The molecular weight excluding hydrogens is 700 g/mol. The van der Waals surface area contributed by atoms with Crippen LogP contribution in [-0.2, 0) is 18.9 Å². The van der Waals surface area contributed by atoms with E-state index >= 15 is 0 Å². The predicted octanol–water partition coefficient (Wildman–Crippen LogP) is -2.89. The second-order valence-corrected chi connectivity index (χ2v) is 12.9. The molecule has 4 heterocycles. The van der Waals surface area contributed by atoms with Gasteiger partial charge in [0.25, 0.3) is 0 Å². The molecule has 0 saturated carbocycles. The van der Waals surface area contributed by atoms with Crippen molar-refractivity contribution >= 4 is 11.0 Å². The summed E-state index contributed by atoms with van der Waals surface area (Å²) in [6.45, 7) is 2.25. The van der Waals surface area contributed by atoms with Gasteiger partial charge in [0.15, 0.2) is 12.1 Å². The SMILES string of the molecule is C[C@@H]1O[C@@H](Oc2cc(O)c3c(=O)c(OC4O[C@@H](COC5O[C@H](C)[C@@H](O)[C@H](O)[C@@H]5O)[C@@H](O)[C@@H](O)[C@@H]4O)c(-c4ccc(O)cc4)oc3c2)[C@H](O)[C@H](O)[C@H]1O. The first-order valence-electron chi connectivity index (χ1n) is 16.2. The van der Waals surface area contributed by atoms with E-state index in [4.69, 9.17) is 32.8 Å². The zero-order chi connectivity index (χ0) is 37.8. The van der Waals surface area contributed by atoms with Crippen molar-refractivity contribution in [1.29, 1.82) is 0 Å². The van der Waals surface area contributed by atoms with E-state index in [1.807, 2.05) is 0 Å². The van der Waals surface area contributed by atoms with E-state index < -0.39 is 121 Å². The van der Waals surface area contributed by atoms with Gasteiger partial charge in [-0.25, -0.2) is 0 Å². The van der Waals surface area contributed by atoms with Crippen LogP contribution in [0.5, 0.6) is 23.0 Å². The highest BCUT2D eigenvalue weighted by atomic mass is 16.7. The highest BCUT2D eigenvalue weighted by Crippen LogP contribution is 2.38. The average Bonchev–Trinajstić information content (AvgIpc) is 3.11. The molecule has 2 aromatic carbocycles. The number of aliphatic hydroxyl groups excluding tert-OH is 9. The number of aliphatic hydroxyl groups is 9. The van der Waals surface area contributed by atoms with Crippen molar-refractivity contribution in [3.05, 3.63) is 46.6 Å². The van der Waals surface area contributed by atoms with Crippen LogP contribution in [0.3, 0.4) is 0 Å². The molecule has 3 saturated heterocycles. The smallest absolute Gasteiger partial charge is 0.239 e. The number of phenolic OH excluding ortho intramolecular Hbond substituents is 2. The summed E-state index contributed by atoms with van der Waals surface area (Å²) in [6.07, 6.45) is -23.5. The fourth-order valence-electron chi connectivity index (χ4n) is 6.09. The van der Waals surface area contributed by atoms with Gasteiger partial charge in [-0.2, -0.15) is 0 Å². The summed E-state index contributed by atoms with van der Waals surface area (Å²) in [4.78, 5) is 14.0. The van der Waals surface area contributed by atoms with Crippen molar-refractivity contribution < 1.29 is 89.0 Å². The van der Waals surface area contributed by atoms with Crippen LogP contribution in [0.4, 0.5) is 0 Å². The standard InChI is InChI=1S/C33H40O19/c1-10-19(36)23(40)26(43)31(47-10)46-9-17-21(38)25(42)28(45)33(51-17)52-30-22(39)18-15(35)7-14(49-32-27(44)24(41)20(37)11(2)48-32)8-16(18)50-29(30)12-3-5-13(34)6-4-12/h3-8,10-11,17,19-21,23-28,31-38,40-45H,9H2,1-2H3/t10-,11+,17+,19-,20+,21-,23+,24-,25-,26+,27-,28+,31?,32+,33?/m1/s1. The van der Waals surface area contributed by atoms with Gasteiger partial charge < -0.3 is 89.0 Å². The Morgan fingerprint density at radius 3 is 1.79 bits per heavy atom. The molecule has 0 spiro atoms. The maximum absolute atomic E-state index is 14.0. The molecule has 19 nitrogen and oxygen atoms in total. The van der Waals surface area contributed by atoms with Crippen molar-refractivity contribution in [2.75, 3.05) is 6.61 Å². The van der Waals surface area contributed by atoms with Crippen molar-refractivity contribution in [2.24, 2.45) is 0 Å². The number of ether oxygens (including phenoxy) is 6. The number of fused-ring (bicyclic) bond motifs is 1. The molecule has 6 rings (SSSR count). The van der Waals surface area contributed by atoms with Crippen LogP contribution in [0.1, 0.15) is 13.8 Å². The molecule has 3 fully saturated rings. The number of rotatable bonds is 8. The Kier molecular flexibility index (Phi) is 11.0. The fourth-order valence-corrected chi connectivity index (χ4v) is 6.09. The first-order valence-corrected chi connectivity index (χ1v) is 16.2. The van der Waals surface area contributed by atoms with Gasteiger partial charge in [0, 0.05) is 17.7 Å². The van der Waals surface area contributed by atoms with Gasteiger partial charge in [-0.3, -0.25) is 4.79 Å². The van der Waals surface area contributed by atoms with E-state index in [9.17, 15) is 61.0 Å². The lowest BCUT2D eigenvalue weighted by Gasteiger charge is -2.42. The highest BCUT2D eigenvalue weighted by Gasteiger charge is 2.48. The summed E-state index contributed by atoms with van der Waals surface area (Å²) in [5, 5.41) is 114. The number of hydrogen-bond donors (Lipinski definition) is 11. The second kappa shape index (κ2) is 15.0. The molecule has 52 heavy (non-hydrogen) atoms. The van der Waals surface area contributed by atoms with E-state index in [1.165, 1.54) is 44.2 Å². The summed E-state index contributed by atoms with van der Waals surface area (Å²) in [6, 6.07) is 7.38. The van der Waals surface area contributed by atoms with Crippen LogP contribution in [0.2, 0.25) is 0 Å². The van der Waals surface area contributed by atoms with Crippen molar-refractivity contribution in [3.63, 3.8) is 0 Å². The van der Waals surface area contributed by atoms with E-state index in [0.717, 1.165) is 6.07 Å². The molecule has 0 bridgehead atoms. The number of benzene rings is 2. The molecule has 2 unspecified atom stereocenters. The quantitative estimate of drug-likeness (QED) is 0.110. The first-order chi connectivity index (χ1) is 24.6. The molecule has 0 radical (unpaired) electrons. The summed E-state index contributed by atoms with van der Waals surface area (Å²) >= 11 is 0. The molecule has 1 aromatic heterocycles. The number of hydrogen-bond acceptors (Lipinski definition) is 19. The summed E-state index contributed by atoms with van der Waals surface area (Å²) in [5.41, 5.74) is -1.16. The van der Waals surface area contributed by atoms with E-state index in [2.05, 4.69) is 0 Å². The van der Waals surface area contributed by atoms with Gasteiger partial charge in [0.2, 0.25) is 23.8 Å². The summed E-state index contributed by atoms with van der Waals surface area (Å²) in [7, 11) is 0.